The maximum absolute atomic E-state index is 12.8. The molecule has 0 amide bonds. The Kier molecular flexibility index (Phi) is 2.97. The number of methoxy groups -OCH3 is 1. The Bertz CT molecular complexity index is 736. The van der Waals surface area contributed by atoms with Crippen molar-refractivity contribution in [1.82, 2.24) is 0 Å². The lowest BCUT2D eigenvalue weighted by Gasteiger charge is -2.12. The molecule has 2 heterocycles. The molecule has 20 heavy (non-hydrogen) atoms. The van der Waals surface area contributed by atoms with Gasteiger partial charge in [0.05, 0.1) is 12.0 Å². The summed E-state index contributed by atoms with van der Waals surface area (Å²) in [5.74, 6) is 0.508. The Morgan fingerprint density at radius 3 is 2.80 bits per heavy atom. The van der Waals surface area contributed by atoms with Crippen molar-refractivity contribution in [2.75, 3.05) is 7.11 Å². The molecular formula is C13H9F3O3S. The Labute approximate surface area is 115 Å². The summed E-state index contributed by atoms with van der Waals surface area (Å²) in [6, 6.07) is 4.72. The van der Waals surface area contributed by atoms with E-state index in [0.29, 0.717) is 28.5 Å². The minimum atomic E-state index is -4.35. The highest BCUT2D eigenvalue weighted by molar-refractivity contribution is 8.00. The van der Waals surface area contributed by atoms with Crippen LogP contribution in [0.2, 0.25) is 0 Å². The fourth-order valence-electron chi connectivity index (χ4n) is 2.23. The maximum atomic E-state index is 12.8. The first-order valence-corrected chi connectivity index (χ1v) is 6.65. The number of hydrogen-bond donors (Lipinski definition) is 0. The number of benzene rings is 1. The molecule has 3 rings (SSSR count). The van der Waals surface area contributed by atoms with E-state index in [9.17, 15) is 18.0 Å². The minimum absolute atomic E-state index is 0.0491. The normalized spacial score (nSPS) is 18.3. The maximum Gasteiger partial charge on any atom is 0.401 e. The Hall–Kier alpha value is -1.63. The van der Waals surface area contributed by atoms with E-state index in [4.69, 9.17) is 9.15 Å². The van der Waals surface area contributed by atoms with Gasteiger partial charge < -0.3 is 9.15 Å². The minimum Gasteiger partial charge on any atom is -0.497 e. The van der Waals surface area contributed by atoms with Crippen molar-refractivity contribution in [3.63, 3.8) is 0 Å². The summed E-state index contributed by atoms with van der Waals surface area (Å²) < 4.78 is 48.6. The van der Waals surface area contributed by atoms with Crippen molar-refractivity contribution >= 4 is 22.7 Å². The first-order chi connectivity index (χ1) is 9.40. The molecule has 0 bridgehead atoms. The molecule has 1 atom stereocenters. The van der Waals surface area contributed by atoms with E-state index < -0.39 is 17.1 Å². The predicted octanol–water partition coefficient (Wildman–Crippen LogP) is 3.38. The lowest BCUT2D eigenvalue weighted by atomic mass is 10.1. The average Bonchev–Trinajstić information content (AvgIpc) is 2.84. The van der Waals surface area contributed by atoms with Crippen LogP contribution in [0, 0.1) is 0 Å². The second-order valence-electron chi connectivity index (χ2n) is 4.41. The zero-order chi connectivity index (χ0) is 14.5. The van der Waals surface area contributed by atoms with E-state index in [-0.39, 0.29) is 16.9 Å². The third-order valence-corrected chi connectivity index (χ3v) is 4.56. The number of hydrogen-bond acceptors (Lipinski definition) is 4. The molecule has 0 spiro atoms. The van der Waals surface area contributed by atoms with Crippen LogP contribution >= 0.6 is 11.8 Å². The summed E-state index contributed by atoms with van der Waals surface area (Å²) in [7, 11) is 1.47. The van der Waals surface area contributed by atoms with Gasteiger partial charge in [0.25, 0.3) is 0 Å². The summed E-state index contributed by atoms with van der Waals surface area (Å²) in [5, 5.41) is -1.10. The fraction of sp³-hybridized carbons (Fsp3) is 0.308. The SMILES string of the molecule is COc1ccc2oc(=O)c3c(c2c1)CC(C(F)(F)F)S3. The topological polar surface area (TPSA) is 39.4 Å². The second kappa shape index (κ2) is 4.44. The van der Waals surface area contributed by atoms with Crippen LogP contribution < -0.4 is 10.4 Å². The molecule has 0 N–H and O–H groups in total. The Balaban J connectivity index is 2.21. The monoisotopic (exact) mass is 302 g/mol. The standard InChI is InChI=1S/C13H9F3O3S/c1-18-6-2-3-9-7(4-6)8-5-10(13(14,15)16)20-11(8)12(17)19-9/h2-4,10H,5H2,1H3. The zero-order valence-corrected chi connectivity index (χ0v) is 11.1. The number of thioether (sulfide) groups is 1. The van der Waals surface area contributed by atoms with Crippen LogP contribution in [0.25, 0.3) is 11.0 Å². The summed E-state index contributed by atoms with van der Waals surface area (Å²) >= 11 is 0.526. The molecule has 3 nitrogen and oxygen atoms in total. The van der Waals surface area contributed by atoms with E-state index in [0.717, 1.165) is 0 Å². The highest BCUT2D eigenvalue weighted by atomic mass is 32.2. The summed E-state index contributed by atoms with van der Waals surface area (Å²) in [5.41, 5.74) is -0.0464. The first kappa shape index (κ1) is 13.4. The molecule has 1 aromatic heterocycles. The van der Waals surface area contributed by atoms with Crippen LogP contribution in [0.15, 0.2) is 32.3 Å². The van der Waals surface area contributed by atoms with Gasteiger partial charge in [-0.2, -0.15) is 13.2 Å². The van der Waals surface area contributed by atoms with Gasteiger partial charge in [-0.25, -0.2) is 4.79 Å². The van der Waals surface area contributed by atoms with Gasteiger partial charge in [-0.15, -0.1) is 11.8 Å². The largest absolute Gasteiger partial charge is 0.497 e. The average molecular weight is 302 g/mol. The molecular weight excluding hydrogens is 293 g/mol. The van der Waals surface area contributed by atoms with E-state index in [1.807, 2.05) is 0 Å². The third-order valence-electron chi connectivity index (χ3n) is 3.19. The van der Waals surface area contributed by atoms with Crippen LogP contribution in [0.4, 0.5) is 13.2 Å². The van der Waals surface area contributed by atoms with Crippen molar-refractivity contribution < 1.29 is 22.3 Å². The molecule has 106 valence electrons. The van der Waals surface area contributed by atoms with Gasteiger partial charge in [0, 0.05) is 5.39 Å². The van der Waals surface area contributed by atoms with Crippen LogP contribution in [0.5, 0.6) is 5.75 Å². The Morgan fingerprint density at radius 2 is 2.15 bits per heavy atom. The lowest BCUT2D eigenvalue weighted by Crippen LogP contribution is -2.24. The number of fused-ring (bicyclic) bond motifs is 3. The molecule has 1 aliphatic rings. The number of halogens is 3. The van der Waals surface area contributed by atoms with Crippen LogP contribution in [0.3, 0.4) is 0 Å². The molecule has 0 radical (unpaired) electrons. The van der Waals surface area contributed by atoms with Crippen molar-refractivity contribution in [3.05, 3.63) is 34.2 Å². The molecule has 1 aromatic carbocycles. The summed E-state index contributed by atoms with van der Waals surface area (Å²) in [6.07, 6.45) is -4.57. The van der Waals surface area contributed by atoms with E-state index in [1.54, 1.807) is 12.1 Å². The van der Waals surface area contributed by atoms with Gasteiger partial charge in [0.15, 0.2) is 0 Å². The predicted molar refractivity (Wildman–Crippen MR) is 68.4 cm³/mol. The van der Waals surface area contributed by atoms with Crippen LogP contribution in [0.1, 0.15) is 5.56 Å². The van der Waals surface area contributed by atoms with Crippen molar-refractivity contribution in [1.29, 1.82) is 0 Å². The van der Waals surface area contributed by atoms with Gasteiger partial charge in [0.2, 0.25) is 0 Å². The van der Waals surface area contributed by atoms with Gasteiger partial charge in [-0.1, -0.05) is 0 Å². The molecule has 0 aliphatic carbocycles. The lowest BCUT2D eigenvalue weighted by molar-refractivity contribution is -0.127. The second-order valence-corrected chi connectivity index (χ2v) is 5.62. The molecule has 1 unspecified atom stereocenters. The van der Waals surface area contributed by atoms with E-state index >= 15 is 0 Å². The van der Waals surface area contributed by atoms with E-state index in [1.165, 1.54) is 13.2 Å². The number of ether oxygens (including phenoxy) is 1. The van der Waals surface area contributed by atoms with Gasteiger partial charge >= 0.3 is 11.8 Å². The molecule has 2 aromatic rings. The Morgan fingerprint density at radius 1 is 1.40 bits per heavy atom. The number of rotatable bonds is 1. The van der Waals surface area contributed by atoms with Gasteiger partial charge in [-0.05, 0) is 30.2 Å². The molecule has 0 saturated carbocycles. The summed E-state index contributed by atoms with van der Waals surface area (Å²) in [6.45, 7) is 0. The number of alkyl halides is 3. The van der Waals surface area contributed by atoms with Gasteiger partial charge in [0.1, 0.15) is 16.6 Å². The molecule has 0 saturated heterocycles. The molecule has 7 heteroatoms. The smallest absolute Gasteiger partial charge is 0.401 e. The van der Waals surface area contributed by atoms with Crippen molar-refractivity contribution in [3.8, 4) is 5.75 Å². The first-order valence-electron chi connectivity index (χ1n) is 5.77. The quantitative estimate of drug-likeness (QED) is 0.757. The van der Waals surface area contributed by atoms with Crippen molar-refractivity contribution in [2.45, 2.75) is 22.7 Å². The van der Waals surface area contributed by atoms with Crippen LogP contribution in [-0.2, 0) is 6.42 Å². The van der Waals surface area contributed by atoms with E-state index in [2.05, 4.69) is 0 Å². The third kappa shape index (κ3) is 2.06. The highest BCUT2D eigenvalue weighted by Crippen LogP contribution is 2.45. The van der Waals surface area contributed by atoms with Gasteiger partial charge in [-0.3, -0.25) is 0 Å². The zero-order valence-electron chi connectivity index (χ0n) is 10.3. The molecule has 0 fully saturated rings. The van der Waals surface area contributed by atoms with Crippen molar-refractivity contribution in [2.24, 2.45) is 0 Å². The fourth-order valence-corrected chi connectivity index (χ4v) is 3.37. The molecule has 1 aliphatic heterocycles. The van der Waals surface area contributed by atoms with Crippen LogP contribution in [-0.4, -0.2) is 18.5 Å². The highest BCUT2D eigenvalue weighted by Gasteiger charge is 2.45. The summed E-state index contributed by atoms with van der Waals surface area (Å²) in [4.78, 5) is 11.8.